The molecule has 0 saturated carbocycles. The molecule has 0 aliphatic carbocycles. The van der Waals surface area contributed by atoms with Crippen molar-refractivity contribution in [1.29, 1.82) is 0 Å². The van der Waals surface area contributed by atoms with E-state index in [9.17, 15) is 14.4 Å². The number of carbonyl (C=O) groups is 3. The van der Waals surface area contributed by atoms with Crippen molar-refractivity contribution >= 4 is 34.2 Å². The summed E-state index contributed by atoms with van der Waals surface area (Å²) < 4.78 is 10.6. The van der Waals surface area contributed by atoms with E-state index in [0.717, 1.165) is 4.90 Å². The molecule has 0 N–H and O–H groups in total. The SMILES string of the molecule is COc1ccc2cc(C(C)=O)cc(N(C(C)=O)C(=O)OC(C)(C)C)c2c1. The van der Waals surface area contributed by atoms with E-state index in [4.69, 9.17) is 9.47 Å². The average Bonchev–Trinajstić information content (AvgIpc) is 2.52. The molecule has 138 valence electrons. The third kappa shape index (κ3) is 4.20. The quantitative estimate of drug-likeness (QED) is 0.764. The Hall–Kier alpha value is -2.89. The van der Waals surface area contributed by atoms with E-state index in [1.807, 2.05) is 0 Å². The zero-order valence-corrected chi connectivity index (χ0v) is 15.9. The Balaban J connectivity index is 2.74. The second-order valence-electron chi connectivity index (χ2n) is 6.97. The molecule has 0 atom stereocenters. The molecule has 0 fully saturated rings. The summed E-state index contributed by atoms with van der Waals surface area (Å²) in [5.41, 5.74) is -0.0861. The highest BCUT2D eigenvalue weighted by Crippen LogP contribution is 2.33. The van der Waals surface area contributed by atoms with Crippen LogP contribution in [0.2, 0.25) is 0 Å². The summed E-state index contributed by atoms with van der Waals surface area (Å²) in [6.07, 6.45) is -0.796. The van der Waals surface area contributed by atoms with Crippen LogP contribution in [0.5, 0.6) is 5.75 Å². The number of imide groups is 1. The second-order valence-corrected chi connectivity index (χ2v) is 6.97. The van der Waals surface area contributed by atoms with Gasteiger partial charge in [0.1, 0.15) is 11.4 Å². The predicted molar refractivity (Wildman–Crippen MR) is 99.9 cm³/mol. The maximum absolute atomic E-state index is 12.6. The fourth-order valence-electron chi connectivity index (χ4n) is 2.54. The molecule has 2 aromatic rings. The van der Waals surface area contributed by atoms with Gasteiger partial charge in [-0.2, -0.15) is 0 Å². The summed E-state index contributed by atoms with van der Waals surface area (Å²) in [7, 11) is 1.53. The van der Waals surface area contributed by atoms with Gasteiger partial charge in [0.05, 0.1) is 12.8 Å². The first-order valence-corrected chi connectivity index (χ1v) is 8.20. The molecule has 26 heavy (non-hydrogen) atoms. The number of hydrogen-bond donors (Lipinski definition) is 0. The average molecular weight is 357 g/mol. The van der Waals surface area contributed by atoms with Gasteiger partial charge in [-0.1, -0.05) is 6.07 Å². The number of rotatable bonds is 3. The van der Waals surface area contributed by atoms with Crippen LogP contribution in [0, 0.1) is 0 Å². The van der Waals surface area contributed by atoms with E-state index in [0.29, 0.717) is 22.1 Å². The molecule has 0 unspecified atom stereocenters. The Labute approximate surface area is 152 Å². The zero-order chi connectivity index (χ0) is 19.6. The number of nitrogens with zero attached hydrogens (tertiary/aromatic N) is 1. The Morgan fingerprint density at radius 3 is 2.15 bits per heavy atom. The van der Waals surface area contributed by atoms with Gasteiger partial charge in [-0.05, 0) is 57.3 Å². The molecular formula is C20H23NO5. The minimum Gasteiger partial charge on any atom is -0.497 e. The molecule has 2 rings (SSSR count). The van der Waals surface area contributed by atoms with Crippen molar-refractivity contribution in [2.75, 3.05) is 12.0 Å². The zero-order valence-electron chi connectivity index (χ0n) is 15.9. The van der Waals surface area contributed by atoms with Crippen molar-refractivity contribution in [2.45, 2.75) is 40.2 Å². The van der Waals surface area contributed by atoms with Crippen LogP contribution >= 0.6 is 0 Å². The maximum atomic E-state index is 12.6. The minimum absolute atomic E-state index is 0.170. The first-order valence-electron chi connectivity index (χ1n) is 8.20. The molecule has 0 aromatic heterocycles. The van der Waals surface area contributed by atoms with Crippen LogP contribution in [0.15, 0.2) is 30.3 Å². The van der Waals surface area contributed by atoms with E-state index in [1.54, 1.807) is 45.0 Å². The molecule has 0 radical (unpaired) electrons. The fourth-order valence-corrected chi connectivity index (χ4v) is 2.54. The minimum atomic E-state index is -0.796. The Bertz CT molecular complexity index is 880. The van der Waals surface area contributed by atoms with Crippen molar-refractivity contribution in [3.63, 3.8) is 0 Å². The standard InChI is InChI=1S/C20H23NO5/c1-12(22)15-9-14-7-8-16(25-6)11-17(14)18(10-15)21(13(2)23)19(24)26-20(3,4)5/h7-11H,1-6H3. The molecule has 0 bridgehead atoms. The van der Waals surface area contributed by atoms with Gasteiger partial charge >= 0.3 is 6.09 Å². The van der Waals surface area contributed by atoms with Crippen LogP contribution in [-0.4, -0.2) is 30.5 Å². The highest BCUT2D eigenvalue weighted by atomic mass is 16.6. The Kier molecular flexibility index (Phi) is 5.35. The molecule has 0 heterocycles. The number of methoxy groups -OCH3 is 1. The number of hydrogen-bond acceptors (Lipinski definition) is 5. The number of anilines is 1. The second kappa shape index (κ2) is 7.15. The highest BCUT2D eigenvalue weighted by molar-refractivity contribution is 6.17. The lowest BCUT2D eigenvalue weighted by Gasteiger charge is -2.26. The van der Waals surface area contributed by atoms with E-state index >= 15 is 0 Å². The van der Waals surface area contributed by atoms with Gasteiger partial charge in [0, 0.05) is 17.9 Å². The normalized spacial score (nSPS) is 11.2. The molecule has 0 aliphatic rings. The predicted octanol–water partition coefficient (Wildman–Crippen LogP) is 4.34. The summed E-state index contributed by atoms with van der Waals surface area (Å²) >= 11 is 0. The van der Waals surface area contributed by atoms with E-state index in [1.165, 1.54) is 27.0 Å². The molecule has 6 nitrogen and oxygen atoms in total. The van der Waals surface area contributed by atoms with Gasteiger partial charge < -0.3 is 9.47 Å². The van der Waals surface area contributed by atoms with E-state index < -0.39 is 17.6 Å². The number of Topliss-reactive ketones (excluding diaryl/α,β-unsaturated/α-hetero) is 1. The summed E-state index contributed by atoms with van der Waals surface area (Å²) in [5.74, 6) is -0.109. The lowest BCUT2D eigenvalue weighted by Crippen LogP contribution is -2.40. The third-order valence-corrected chi connectivity index (χ3v) is 3.68. The number of ketones is 1. The monoisotopic (exact) mass is 357 g/mol. The van der Waals surface area contributed by atoms with Gasteiger partial charge in [-0.3, -0.25) is 9.59 Å². The van der Waals surface area contributed by atoms with Crippen molar-refractivity contribution in [1.82, 2.24) is 0 Å². The maximum Gasteiger partial charge on any atom is 0.421 e. The molecule has 2 amide bonds. The van der Waals surface area contributed by atoms with Gasteiger partial charge in [0.15, 0.2) is 5.78 Å². The Morgan fingerprint density at radius 1 is 1.00 bits per heavy atom. The van der Waals surface area contributed by atoms with Crippen LogP contribution in [0.3, 0.4) is 0 Å². The van der Waals surface area contributed by atoms with Crippen LogP contribution < -0.4 is 9.64 Å². The highest BCUT2D eigenvalue weighted by Gasteiger charge is 2.28. The molecule has 0 aliphatic heterocycles. The number of fused-ring (bicyclic) bond motifs is 1. The Morgan fingerprint density at radius 2 is 1.65 bits per heavy atom. The number of carbonyl (C=O) groups excluding carboxylic acids is 3. The van der Waals surface area contributed by atoms with Crippen LogP contribution in [0.4, 0.5) is 10.5 Å². The molecule has 6 heteroatoms. The van der Waals surface area contributed by atoms with Crippen molar-refractivity contribution in [3.05, 3.63) is 35.9 Å². The number of benzene rings is 2. The number of ether oxygens (including phenoxy) is 2. The molecular weight excluding hydrogens is 334 g/mol. The summed E-state index contributed by atoms with van der Waals surface area (Å²) in [6, 6.07) is 8.48. The first-order chi connectivity index (χ1) is 12.0. The fraction of sp³-hybridized carbons (Fsp3) is 0.350. The molecule has 0 spiro atoms. The third-order valence-electron chi connectivity index (χ3n) is 3.68. The molecule has 2 aromatic carbocycles. The van der Waals surface area contributed by atoms with Crippen LogP contribution in [0.1, 0.15) is 45.0 Å². The summed E-state index contributed by atoms with van der Waals surface area (Å²) in [4.78, 5) is 37.8. The van der Waals surface area contributed by atoms with Crippen molar-refractivity contribution < 1.29 is 23.9 Å². The van der Waals surface area contributed by atoms with Crippen LogP contribution in [0.25, 0.3) is 10.8 Å². The van der Waals surface area contributed by atoms with Crippen LogP contribution in [-0.2, 0) is 9.53 Å². The largest absolute Gasteiger partial charge is 0.497 e. The van der Waals surface area contributed by atoms with Gasteiger partial charge in [-0.25, -0.2) is 9.69 Å². The smallest absolute Gasteiger partial charge is 0.421 e. The first kappa shape index (κ1) is 19.4. The van der Waals surface area contributed by atoms with Gasteiger partial charge in [0.2, 0.25) is 5.91 Å². The summed E-state index contributed by atoms with van der Waals surface area (Å²) in [5, 5.41) is 1.32. The lowest BCUT2D eigenvalue weighted by atomic mass is 10.0. The number of amides is 2. The van der Waals surface area contributed by atoms with Crippen molar-refractivity contribution in [2.24, 2.45) is 0 Å². The summed E-state index contributed by atoms with van der Waals surface area (Å²) in [6.45, 7) is 7.86. The van der Waals surface area contributed by atoms with Crippen molar-refractivity contribution in [3.8, 4) is 5.75 Å². The van der Waals surface area contributed by atoms with Gasteiger partial charge in [-0.15, -0.1) is 0 Å². The topological polar surface area (TPSA) is 72.9 Å². The molecule has 0 saturated heterocycles. The van der Waals surface area contributed by atoms with E-state index in [-0.39, 0.29) is 11.5 Å². The van der Waals surface area contributed by atoms with E-state index in [2.05, 4.69) is 0 Å². The van der Waals surface area contributed by atoms with Gasteiger partial charge in [0.25, 0.3) is 0 Å². The lowest BCUT2D eigenvalue weighted by molar-refractivity contribution is -0.116.